The Morgan fingerprint density at radius 3 is 2.64 bits per heavy atom. The fourth-order valence-corrected chi connectivity index (χ4v) is 2.83. The molecule has 0 bridgehead atoms. The molecule has 0 N–H and O–H groups in total. The van der Waals surface area contributed by atoms with Crippen LogP contribution in [0.5, 0.6) is 0 Å². The summed E-state index contributed by atoms with van der Waals surface area (Å²) in [6, 6.07) is 16.8. The number of nitrogens with zero attached hydrogens (tertiary/aromatic N) is 1. The van der Waals surface area contributed by atoms with Gasteiger partial charge >= 0.3 is 0 Å². The molecule has 2 heterocycles. The van der Waals surface area contributed by atoms with Gasteiger partial charge < -0.3 is 4.42 Å². The molecule has 2 aromatic heterocycles. The Morgan fingerprint density at radius 2 is 1.77 bits per heavy atom. The molecular formula is C18H10BrNO2. The maximum Gasteiger partial charge on any atom is 0.193 e. The molecule has 2 aromatic carbocycles. The molecule has 0 fully saturated rings. The minimum absolute atomic E-state index is 0.0764. The third kappa shape index (κ3) is 2.22. The van der Waals surface area contributed by atoms with Crippen LogP contribution in [-0.2, 0) is 0 Å². The van der Waals surface area contributed by atoms with Crippen molar-refractivity contribution in [2.45, 2.75) is 0 Å². The summed E-state index contributed by atoms with van der Waals surface area (Å²) in [6.45, 7) is 0. The van der Waals surface area contributed by atoms with Crippen molar-refractivity contribution in [2.75, 3.05) is 0 Å². The highest BCUT2D eigenvalue weighted by molar-refractivity contribution is 9.10. The molecule has 0 atom stereocenters. The van der Waals surface area contributed by atoms with Crippen molar-refractivity contribution >= 4 is 37.7 Å². The molecule has 0 amide bonds. The average molecular weight is 352 g/mol. The molecule has 0 aliphatic rings. The summed E-state index contributed by atoms with van der Waals surface area (Å²) in [7, 11) is 0. The summed E-state index contributed by atoms with van der Waals surface area (Å²) in [4.78, 5) is 16.7. The van der Waals surface area contributed by atoms with E-state index in [1.807, 2.05) is 36.4 Å². The SMILES string of the molecule is O=c1cc(-c2cc3ccccc3cn2)oc2ccc(Br)cc12. The van der Waals surface area contributed by atoms with E-state index in [-0.39, 0.29) is 5.43 Å². The lowest BCUT2D eigenvalue weighted by Crippen LogP contribution is -2.00. The molecule has 3 nitrogen and oxygen atoms in total. The van der Waals surface area contributed by atoms with Crippen molar-refractivity contribution in [1.29, 1.82) is 0 Å². The number of aromatic nitrogens is 1. The molecule has 0 saturated heterocycles. The second-order valence-corrected chi connectivity index (χ2v) is 5.95. The van der Waals surface area contributed by atoms with Crippen LogP contribution in [-0.4, -0.2) is 4.98 Å². The molecule has 0 spiro atoms. The second kappa shape index (κ2) is 5.07. The maximum absolute atomic E-state index is 12.3. The highest BCUT2D eigenvalue weighted by Crippen LogP contribution is 2.25. The van der Waals surface area contributed by atoms with Crippen LogP contribution in [0, 0.1) is 0 Å². The average Bonchev–Trinajstić information content (AvgIpc) is 2.55. The minimum Gasteiger partial charge on any atom is -0.454 e. The lowest BCUT2D eigenvalue weighted by atomic mass is 10.1. The molecular weight excluding hydrogens is 342 g/mol. The van der Waals surface area contributed by atoms with E-state index in [2.05, 4.69) is 20.9 Å². The molecule has 0 saturated carbocycles. The topological polar surface area (TPSA) is 43.1 Å². The maximum atomic E-state index is 12.3. The first kappa shape index (κ1) is 13.2. The number of rotatable bonds is 1. The number of hydrogen-bond acceptors (Lipinski definition) is 3. The van der Waals surface area contributed by atoms with Crippen LogP contribution < -0.4 is 5.43 Å². The molecule has 0 unspecified atom stereocenters. The van der Waals surface area contributed by atoms with Crippen LogP contribution in [0.15, 0.2) is 74.5 Å². The Bertz CT molecular complexity index is 1070. The highest BCUT2D eigenvalue weighted by atomic mass is 79.9. The normalized spacial score (nSPS) is 11.1. The first-order chi connectivity index (χ1) is 10.7. The van der Waals surface area contributed by atoms with Crippen molar-refractivity contribution < 1.29 is 4.42 Å². The number of fused-ring (bicyclic) bond motifs is 2. The fourth-order valence-electron chi connectivity index (χ4n) is 2.47. The van der Waals surface area contributed by atoms with Gasteiger partial charge in [0.05, 0.1) is 5.39 Å². The second-order valence-electron chi connectivity index (χ2n) is 5.03. The number of pyridine rings is 1. The predicted molar refractivity (Wildman–Crippen MR) is 90.9 cm³/mol. The predicted octanol–water partition coefficient (Wildman–Crippen LogP) is 4.77. The summed E-state index contributed by atoms with van der Waals surface area (Å²) < 4.78 is 6.70. The molecule has 0 radical (unpaired) electrons. The van der Waals surface area contributed by atoms with E-state index in [1.54, 1.807) is 18.3 Å². The molecule has 0 aliphatic heterocycles. The monoisotopic (exact) mass is 351 g/mol. The van der Waals surface area contributed by atoms with E-state index in [1.165, 1.54) is 6.07 Å². The van der Waals surface area contributed by atoms with Crippen LogP contribution >= 0.6 is 15.9 Å². The van der Waals surface area contributed by atoms with Crippen molar-refractivity contribution in [3.8, 4) is 11.5 Å². The third-order valence-electron chi connectivity index (χ3n) is 3.57. The number of benzene rings is 2. The lowest BCUT2D eigenvalue weighted by Gasteiger charge is -2.04. The largest absolute Gasteiger partial charge is 0.454 e. The van der Waals surface area contributed by atoms with Gasteiger partial charge in [-0.1, -0.05) is 40.2 Å². The summed E-state index contributed by atoms with van der Waals surface area (Å²) in [6.07, 6.45) is 1.79. The van der Waals surface area contributed by atoms with E-state index in [9.17, 15) is 4.79 Å². The summed E-state index contributed by atoms with van der Waals surface area (Å²) in [5.74, 6) is 0.477. The summed E-state index contributed by atoms with van der Waals surface area (Å²) in [5, 5.41) is 2.67. The van der Waals surface area contributed by atoms with Gasteiger partial charge in [-0.3, -0.25) is 9.78 Å². The van der Waals surface area contributed by atoms with Crippen molar-refractivity contribution in [3.05, 3.63) is 75.5 Å². The zero-order chi connectivity index (χ0) is 15.1. The van der Waals surface area contributed by atoms with Crippen LogP contribution in [0.1, 0.15) is 0 Å². The molecule has 4 rings (SSSR count). The van der Waals surface area contributed by atoms with Crippen molar-refractivity contribution in [2.24, 2.45) is 0 Å². The van der Waals surface area contributed by atoms with E-state index < -0.39 is 0 Å². The van der Waals surface area contributed by atoms with E-state index >= 15 is 0 Å². The standard InChI is InChI=1S/C18H10BrNO2/c19-13-5-6-17-14(8-13)16(21)9-18(22-17)15-7-11-3-1-2-4-12(11)10-20-15/h1-10H. The Labute approximate surface area is 134 Å². The zero-order valence-corrected chi connectivity index (χ0v) is 13.0. The van der Waals surface area contributed by atoms with E-state index in [0.29, 0.717) is 22.4 Å². The lowest BCUT2D eigenvalue weighted by molar-refractivity contribution is 0.616. The number of halogens is 1. The minimum atomic E-state index is -0.0764. The van der Waals surface area contributed by atoms with Crippen LogP contribution in [0.2, 0.25) is 0 Å². The van der Waals surface area contributed by atoms with Crippen LogP contribution in [0.3, 0.4) is 0 Å². The van der Waals surface area contributed by atoms with Crippen molar-refractivity contribution in [3.63, 3.8) is 0 Å². The van der Waals surface area contributed by atoms with Gasteiger partial charge in [-0.25, -0.2) is 0 Å². The van der Waals surface area contributed by atoms with E-state index in [4.69, 9.17) is 4.42 Å². The molecule has 4 aromatic rings. The third-order valence-corrected chi connectivity index (χ3v) is 4.07. The first-order valence-electron chi connectivity index (χ1n) is 6.79. The van der Waals surface area contributed by atoms with Gasteiger partial charge in [0, 0.05) is 22.1 Å². The Balaban J connectivity index is 1.96. The van der Waals surface area contributed by atoms with Crippen LogP contribution in [0.4, 0.5) is 0 Å². The van der Waals surface area contributed by atoms with Gasteiger partial charge in [-0.2, -0.15) is 0 Å². The fraction of sp³-hybridized carbons (Fsp3) is 0. The van der Waals surface area contributed by atoms with E-state index in [0.717, 1.165) is 15.2 Å². The summed E-state index contributed by atoms with van der Waals surface area (Å²) >= 11 is 3.36. The smallest absolute Gasteiger partial charge is 0.193 e. The molecule has 106 valence electrons. The quantitative estimate of drug-likeness (QED) is 0.496. The van der Waals surface area contributed by atoms with Gasteiger partial charge in [0.15, 0.2) is 11.2 Å². The van der Waals surface area contributed by atoms with Crippen LogP contribution in [0.25, 0.3) is 33.2 Å². The zero-order valence-electron chi connectivity index (χ0n) is 11.4. The van der Waals surface area contributed by atoms with Gasteiger partial charge in [-0.15, -0.1) is 0 Å². The van der Waals surface area contributed by atoms with Gasteiger partial charge in [0.25, 0.3) is 0 Å². The van der Waals surface area contributed by atoms with Gasteiger partial charge in [0.2, 0.25) is 0 Å². The molecule has 22 heavy (non-hydrogen) atoms. The summed E-state index contributed by atoms with van der Waals surface area (Å²) in [5.41, 5.74) is 1.13. The Hall–Kier alpha value is -2.46. The Morgan fingerprint density at radius 1 is 0.955 bits per heavy atom. The Kier molecular flexibility index (Phi) is 3.05. The van der Waals surface area contributed by atoms with Gasteiger partial charge in [-0.05, 0) is 29.7 Å². The van der Waals surface area contributed by atoms with Crippen molar-refractivity contribution in [1.82, 2.24) is 4.98 Å². The molecule has 0 aliphatic carbocycles. The highest BCUT2D eigenvalue weighted by Gasteiger charge is 2.09. The first-order valence-corrected chi connectivity index (χ1v) is 7.58. The number of hydrogen-bond donors (Lipinski definition) is 0. The van der Waals surface area contributed by atoms with Gasteiger partial charge in [0.1, 0.15) is 11.3 Å². The molecule has 4 heteroatoms.